The molecule has 0 bridgehead atoms. The molecule has 3 rings (SSSR count). The maximum atomic E-state index is 12.5. The van der Waals surface area contributed by atoms with Gasteiger partial charge in [-0.1, -0.05) is 12.1 Å². The molecule has 0 radical (unpaired) electrons. The van der Waals surface area contributed by atoms with E-state index in [0.29, 0.717) is 17.0 Å². The Bertz CT molecular complexity index is 873. The van der Waals surface area contributed by atoms with Crippen LogP contribution in [0.2, 0.25) is 0 Å². The van der Waals surface area contributed by atoms with Crippen molar-refractivity contribution in [2.45, 2.75) is 19.1 Å². The fourth-order valence-electron chi connectivity index (χ4n) is 2.40. The molecule has 1 amide bonds. The Kier molecular flexibility index (Phi) is 5.06. The number of halogens is 3. The lowest BCUT2D eigenvalue weighted by Crippen LogP contribution is -2.24. The quantitative estimate of drug-likeness (QED) is 0.741. The van der Waals surface area contributed by atoms with E-state index in [9.17, 15) is 18.0 Å². The van der Waals surface area contributed by atoms with E-state index >= 15 is 0 Å². The van der Waals surface area contributed by atoms with E-state index in [-0.39, 0.29) is 18.9 Å². The summed E-state index contributed by atoms with van der Waals surface area (Å²) in [6, 6.07) is 11.7. The van der Waals surface area contributed by atoms with E-state index in [4.69, 9.17) is 4.42 Å². The Hall–Kier alpha value is -3.09. The maximum Gasteiger partial charge on any atom is 0.416 e. The first-order valence-corrected chi connectivity index (χ1v) is 7.83. The Morgan fingerprint density at radius 2 is 1.85 bits per heavy atom. The number of hydrogen-bond acceptors (Lipinski definition) is 3. The molecular weight excluding hydrogens is 345 g/mol. The van der Waals surface area contributed by atoms with Gasteiger partial charge in [0, 0.05) is 12.7 Å². The van der Waals surface area contributed by atoms with Gasteiger partial charge in [-0.2, -0.15) is 13.2 Å². The number of benzene rings is 1. The normalized spacial score (nSPS) is 11.3. The third-order valence-electron chi connectivity index (χ3n) is 3.73. The average Bonchev–Trinajstić information content (AvgIpc) is 3.15. The van der Waals surface area contributed by atoms with Crippen molar-refractivity contribution in [1.29, 1.82) is 0 Å². The number of amides is 1. The molecule has 0 spiro atoms. The number of carbonyl (C=O) groups excluding carboxylic acids is 1. The fourth-order valence-corrected chi connectivity index (χ4v) is 2.40. The molecule has 4 nitrogen and oxygen atoms in total. The third-order valence-corrected chi connectivity index (χ3v) is 3.73. The lowest BCUT2D eigenvalue weighted by Gasteiger charge is -2.08. The monoisotopic (exact) mass is 360 g/mol. The number of aromatic nitrogens is 1. The fraction of sp³-hybridized carbons (Fsp3) is 0.158. The molecule has 2 heterocycles. The van der Waals surface area contributed by atoms with Gasteiger partial charge in [-0.25, -0.2) is 0 Å². The zero-order chi connectivity index (χ0) is 18.6. The number of furan rings is 1. The van der Waals surface area contributed by atoms with Gasteiger partial charge >= 0.3 is 6.18 Å². The van der Waals surface area contributed by atoms with Crippen molar-refractivity contribution in [1.82, 2.24) is 10.3 Å². The Balaban J connectivity index is 1.57. The smallest absolute Gasteiger partial charge is 0.416 e. The van der Waals surface area contributed by atoms with Gasteiger partial charge in [0.2, 0.25) is 5.91 Å². The van der Waals surface area contributed by atoms with Crippen LogP contribution in [0.15, 0.2) is 65.4 Å². The van der Waals surface area contributed by atoms with Crippen molar-refractivity contribution >= 4 is 5.91 Å². The van der Waals surface area contributed by atoms with Crippen molar-refractivity contribution < 1.29 is 22.4 Å². The molecular formula is C19H15F3N2O2. The summed E-state index contributed by atoms with van der Waals surface area (Å²) in [5.41, 5.74) is 1.28. The first-order chi connectivity index (χ1) is 12.4. The minimum absolute atomic E-state index is 0.00820. The van der Waals surface area contributed by atoms with E-state index in [1.54, 1.807) is 36.7 Å². The molecule has 0 fully saturated rings. The molecule has 0 aliphatic carbocycles. The molecule has 7 heteroatoms. The van der Waals surface area contributed by atoms with Crippen LogP contribution in [-0.2, 0) is 23.9 Å². The van der Waals surface area contributed by atoms with Crippen LogP contribution in [0.3, 0.4) is 0 Å². The van der Waals surface area contributed by atoms with Crippen LogP contribution in [0.1, 0.15) is 16.7 Å². The molecule has 0 unspecified atom stereocenters. The molecule has 0 atom stereocenters. The topological polar surface area (TPSA) is 55.1 Å². The SMILES string of the molecule is O=C(Cc1ccc(C(F)(F)F)cc1)NCc1ccnc(-c2ccco2)c1. The molecule has 3 aromatic rings. The van der Waals surface area contributed by atoms with E-state index in [1.807, 2.05) is 0 Å². The van der Waals surface area contributed by atoms with Gasteiger partial charge < -0.3 is 9.73 Å². The second kappa shape index (κ2) is 7.43. The first-order valence-electron chi connectivity index (χ1n) is 7.83. The number of hydrogen-bond donors (Lipinski definition) is 1. The van der Waals surface area contributed by atoms with Crippen LogP contribution in [0.25, 0.3) is 11.5 Å². The minimum atomic E-state index is -4.38. The van der Waals surface area contributed by atoms with Gasteiger partial charge in [-0.15, -0.1) is 0 Å². The van der Waals surface area contributed by atoms with E-state index in [1.165, 1.54) is 12.1 Å². The predicted molar refractivity (Wildman–Crippen MR) is 88.9 cm³/mol. The Labute approximate surface area is 147 Å². The highest BCUT2D eigenvalue weighted by atomic mass is 19.4. The number of rotatable bonds is 5. The van der Waals surface area contributed by atoms with Crippen molar-refractivity contribution in [3.63, 3.8) is 0 Å². The Morgan fingerprint density at radius 3 is 2.50 bits per heavy atom. The standard InChI is InChI=1S/C19H15F3N2O2/c20-19(21,22)15-5-3-13(4-6-15)11-18(25)24-12-14-7-8-23-16(10-14)17-2-1-9-26-17/h1-10H,11-12H2,(H,24,25). The van der Waals surface area contributed by atoms with Crippen molar-refractivity contribution in [2.75, 3.05) is 0 Å². The molecule has 0 saturated heterocycles. The summed E-state index contributed by atoms with van der Waals surface area (Å²) in [6.07, 6.45) is -1.20. The summed E-state index contributed by atoms with van der Waals surface area (Å²) in [4.78, 5) is 16.2. The van der Waals surface area contributed by atoms with Gasteiger partial charge in [0.15, 0.2) is 5.76 Å². The van der Waals surface area contributed by atoms with Crippen LogP contribution >= 0.6 is 0 Å². The molecule has 0 aliphatic heterocycles. The lowest BCUT2D eigenvalue weighted by atomic mass is 10.1. The van der Waals surface area contributed by atoms with Gasteiger partial charge in [0.25, 0.3) is 0 Å². The molecule has 1 N–H and O–H groups in total. The van der Waals surface area contributed by atoms with Crippen molar-refractivity contribution in [3.05, 3.63) is 77.7 Å². The summed E-state index contributed by atoms with van der Waals surface area (Å²) >= 11 is 0. The molecule has 26 heavy (non-hydrogen) atoms. The van der Waals surface area contributed by atoms with Crippen LogP contribution in [0, 0.1) is 0 Å². The maximum absolute atomic E-state index is 12.5. The van der Waals surface area contributed by atoms with E-state index in [2.05, 4.69) is 10.3 Å². The third kappa shape index (κ3) is 4.50. The Morgan fingerprint density at radius 1 is 1.08 bits per heavy atom. The highest BCUT2D eigenvalue weighted by Crippen LogP contribution is 2.29. The first kappa shape index (κ1) is 17.7. The number of nitrogens with zero attached hydrogens (tertiary/aromatic N) is 1. The van der Waals surface area contributed by atoms with Crippen LogP contribution in [0.5, 0.6) is 0 Å². The molecule has 0 saturated carbocycles. The second-order valence-electron chi connectivity index (χ2n) is 5.67. The summed E-state index contributed by atoms with van der Waals surface area (Å²) < 4.78 is 42.9. The van der Waals surface area contributed by atoms with E-state index in [0.717, 1.165) is 17.7 Å². The summed E-state index contributed by atoms with van der Waals surface area (Å²) in [7, 11) is 0. The van der Waals surface area contributed by atoms with Gasteiger partial charge in [-0.05, 0) is 47.5 Å². The molecule has 134 valence electrons. The summed E-state index contributed by atoms with van der Waals surface area (Å²) in [5, 5.41) is 2.75. The van der Waals surface area contributed by atoms with Crippen LogP contribution in [-0.4, -0.2) is 10.9 Å². The lowest BCUT2D eigenvalue weighted by molar-refractivity contribution is -0.137. The number of pyridine rings is 1. The zero-order valence-corrected chi connectivity index (χ0v) is 13.6. The van der Waals surface area contributed by atoms with Gasteiger partial charge in [0.1, 0.15) is 5.69 Å². The molecule has 0 aliphatic rings. The van der Waals surface area contributed by atoms with Crippen LogP contribution in [0.4, 0.5) is 13.2 Å². The highest BCUT2D eigenvalue weighted by molar-refractivity contribution is 5.78. The van der Waals surface area contributed by atoms with Gasteiger partial charge in [0.05, 0.1) is 18.2 Å². The summed E-state index contributed by atoms with van der Waals surface area (Å²) in [6.45, 7) is 0.287. The number of carbonyl (C=O) groups is 1. The largest absolute Gasteiger partial charge is 0.463 e. The minimum Gasteiger partial charge on any atom is -0.463 e. The molecule has 1 aromatic carbocycles. The predicted octanol–water partition coefficient (Wildman–Crippen LogP) is 4.22. The number of nitrogens with one attached hydrogen (secondary N) is 1. The average molecular weight is 360 g/mol. The van der Waals surface area contributed by atoms with Crippen molar-refractivity contribution in [2.24, 2.45) is 0 Å². The van der Waals surface area contributed by atoms with Crippen LogP contribution < -0.4 is 5.32 Å². The summed E-state index contributed by atoms with van der Waals surface area (Å²) in [5.74, 6) is 0.351. The van der Waals surface area contributed by atoms with Gasteiger partial charge in [-0.3, -0.25) is 9.78 Å². The second-order valence-corrected chi connectivity index (χ2v) is 5.67. The zero-order valence-electron chi connectivity index (χ0n) is 13.6. The van der Waals surface area contributed by atoms with Crippen molar-refractivity contribution in [3.8, 4) is 11.5 Å². The highest BCUT2D eigenvalue weighted by Gasteiger charge is 2.29. The van der Waals surface area contributed by atoms with E-state index < -0.39 is 11.7 Å². The number of alkyl halides is 3. The molecule has 2 aromatic heterocycles.